The number of aromatic nitrogens is 2. The summed E-state index contributed by atoms with van der Waals surface area (Å²) in [5.41, 5.74) is 13.0. The number of hydrogen-bond donors (Lipinski definition) is 5. The van der Waals surface area contributed by atoms with Crippen LogP contribution in [0.3, 0.4) is 0 Å². The molecule has 0 aliphatic carbocycles. The number of hydrogen-bond acceptors (Lipinski definition) is 8. The standard InChI is InChI=1S/C16H21N5O5/c17-14(20-25-7-9-4-2-1-3-5-9)11-15(18)21(8-19-11)16-13(24)12(23)10(6-22)26-16/h1-5,8,10,12-13,16,22-24H,6-7,18H2,(H2,17,20)/t10-,12+,13-,16-/m1/s1. The summed E-state index contributed by atoms with van der Waals surface area (Å²) in [4.78, 5) is 9.27. The van der Waals surface area contributed by atoms with Crippen LogP contribution in [0.25, 0.3) is 0 Å². The predicted octanol–water partition coefficient (Wildman–Crippen LogP) is -1.09. The van der Waals surface area contributed by atoms with Gasteiger partial charge in [-0.1, -0.05) is 35.5 Å². The first kappa shape index (κ1) is 18.1. The largest absolute Gasteiger partial charge is 0.394 e. The maximum absolute atomic E-state index is 10.1. The van der Waals surface area contributed by atoms with Gasteiger partial charge in [-0.25, -0.2) is 4.98 Å². The molecule has 4 atom stereocenters. The Morgan fingerprint density at radius 3 is 2.65 bits per heavy atom. The Morgan fingerprint density at radius 1 is 1.27 bits per heavy atom. The van der Waals surface area contributed by atoms with Crippen LogP contribution in [0.1, 0.15) is 17.5 Å². The van der Waals surface area contributed by atoms with Gasteiger partial charge < -0.3 is 36.4 Å². The molecule has 1 saturated heterocycles. The van der Waals surface area contributed by atoms with E-state index in [0.29, 0.717) is 0 Å². The molecule has 7 N–H and O–H groups in total. The fraction of sp³-hybridized carbons (Fsp3) is 0.375. The summed E-state index contributed by atoms with van der Waals surface area (Å²) < 4.78 is 6.73. The molecule has 1 aliphatic heterocycles. The first-order valence-corrected chi connectivity index (χ1v) is 7.97. The summed E-state index contributed by atoms with van der Waals surface area (Å²) in [5.74, 6) is 0.0494. The van der Waals surface area contributed by atoms with E-state index in [2.05, 4.69) is 10.1 Å². The topological polar surface area (TPSA) is 161 Å². The van der Waals surface area contributed by atoms with Gasteiger partial charge in [-0.2, -0.15) is 0 Å². The van der Waals surface area contributed by atoms with Crippen LogP contribution in [-0.2, 0) is 16.2 Å². The van der Waals surface area contributed by atoms with E-state index in [4.69, 9.17) is 26.1 Å². The number of anilines is 1. The summed E-state index contributed by atoms with van der Waals surface area (Å²) in [7, 11) is 0. The Morgan fingerprint density at radius 2 is 2.00 bits per heavy atom. The number of ether oxygens (including phenoxy) is 1. The summed E-state index contributed by atoms with van der Waals surface area (Å²) >= 11 is 0. The Balaban J connectivity index is 1.71. The fourth-order valence-corrected chi connectivity index (χ4v) is 2.67. The van der Waals surface area contributed by atoms with Crippen LogP contribution in [0.5, 0.6) is 0 Å². The van der Waals surface area contributed by atoms with Gasteiger partial charge in [0.15, 0.2) is 17.8 Å². The van der Waals surface area contributed by atoms with Gasteiger partial charge in [-0.15, -0.1) is 0 Å². The highest BCUT2D eigenvalue weighted by atomic mass is 16.6. The number of aliphatic hydroxyl groups is 3. The molecule has 1 fully saturated rings. The van der Waals surface area contributed by atoms with E-state index in [1.54, 1.807) is 0 Å². The molecule has 0 bridgehead atoms. The first-order chi connectivity index (χ1) is 12.5. The zero-order chi connectivity index (χ0) is 18.7. The van der Waals surface area contributed by atoms with Crippen molar-refractivity contribution in [3.63, 3.8) is 0 Å². The first-order valence-electron chi connectivity index (χ1n) is 7.97. The fourth-order valence-electron chi connectivity index (χ4n) is 2.67. The molecule has 0 saturated carbocycles. The molecule has 2 heterocycles. The van der Waals surface area contributed by atoms with E-state index in [1.165, 1.54) is 10.9 Å². The van der Waals surface area contributed by atoms with E-state index >= 15 is 0 Å². The van der Waals surface area contributed by atoms with Gasteiger partial charge in [-0.05, 0) is 5.56 Å². The van der Waals surface area contributed by atoms with Gasteiger partial charge in [0.05, 0.1) is 12.9 Å². The Bertz CT molecular complexity index is 766. The van der Waals surface area contributed by atoms with Gasteiger partial charge >= 0.3 is 0 Å². The zero-order valence-corrected chi connectivity index (χ0v) is 13.8. The maximum atomic E-state index is 10.1. The lowest BCUT2D eigenvalue weighted by Gasteiger charge is -2.17. The molecular weight excluding hydrogens is 342 g/mol. The normalized spacial score (nSPS) is 26.2. The van der Waals surface area contributed by atoms with E-state index in [1.807, 2.05) is 30.3 Å². The van der Waals surface area contributed by atoms with E-state index in [-0.39, 0.29) is 24.0 Å². The van der Waals surface area contributed by atoms with Crippen LogP contribution < -0.4 is 11.5 Å². The van der Waals surface area contributed by atoms with Crippen LogP contribution in [0.2, 0.25) is 0 Å². The molecular formula is C16H21N5O5. The van der Waals surface area contributed by atoms with Gasteiger partial charge in [0, 0.05) is 0 Å². The van der Waals surface area contributed by atoms with Crippen LogP contribution in [0, 0.1) is 0 Å². The smallest absolute Gasteiger partial charge is 0.192 e. The molecule has 0 radical (unpaired) electrons. The summed E-state index contributed by atoms with van der Waals surface area (Å²) in [6.07, 6.45) is -3.12. The third-order valence-corrected chi connectivity index (χ3v) is 4.10. The predicted molar refractivity (Wildman–Crippen MR) is 91.6 cm³/mol. The minimum absolute atomic E-state index is 0.0380. The highest BCUT2D eigenvalue weighted by Crippen LogP contribution is 2.31. The highest BCUT2D eigenvalue weighted by molar-refractivity contribution is 5.99. The monoisotopic (exact) mass is 363 g/mol. The number of aliphatic hydroxyl groups excluding tert-OH is 3. The second-order valence-corrected chi connectivity index (χ2v) is 5.85. The number of imidazole rings is 1. The van der Waals surface area contributed by atoms with E-state index in [9.17, 15) is 10.2 Å². The Hall–Kier alpha value is -2.66. The minimum Gasteiger partial charge on any atom is -0.394 e. The van der Waals surface area contributed by atoms with Gasteiger partial charge in [0.1, 0.15) is 30.7 Å². The molecule has 0 unspecified atom stereocenters. The van der Waals surface area contributed by atoms with Crippen molar-refractivity contribution < 1.29 is 24.9 Å². The second-order valence-electron chi connectivity index (χ2n) is 5.85. The summed E-state index contributed by atoms with van der Waals surface area (Å²) in [5, 5.41) is 32.9. The molecule has 2 aromatic rings. The van der Waals surface area contributed by atoms with Crippen molar-refractivity contribution in [1.82, 2.24) is 9.55 Å². The number of nitrogens with zero attached hydrogens (tertiary/aromatic N) is 3. The van der Waals surface area contributed by atoms with E-state index in [0.717, 1.165) is 5.56 Å². The number of rotatable bonds is 6. The number of amidine groups is 1. The van der Waals surface area contributed by atoms with Crippen LogP contribution in [0.4, 0.5) is 5.82 Å². The molecule has 3 rings (SSSR count). The average molecular weight is 363 g/mol. The van der Waals surface area contributed by atoms with Crippen molar-refractivity contribution in [2.75, 3.05) is 12.3 Å². The van der Waals surface area contributed by atoms with Crippen molar-refractivity contribution in [2.24, 2.45) is 10.9 Å². The number of oxime groups is 1. The molecule has 1 aliphatic rings. The van der Waals surface area contributed by atoms with Crippen molar-refractivity contribution in [1.29, 1.82) is 0 Å². The zero-order valence-electron chi connectivity index (χ0n) is 13.8. The third kappa shape index (κ3) is 3.48. The van der Waals surface area contributed by atoms with Crippen LogP contribution in [-0.4, -0.2) is 55.6 Å². The summed E-state index contributed by atoms with van der Waals surface area (Å²) in [6.45, 7) is -0.204. The molecule has 1 aromatic carbocycles. The highest BCUT2D eigenvalue weighted by Gasteiger charge is 2.44. The molecule has 10 heteroatoms. The lowest BCUT2D eigenvalue weighted by Crippen LogP contribution is -2.33. The molecule has 0 amide bonds. The van der Waals surface area contributed by atoms with Crippen molar-refractivity contribution in [2.45, 2.75) is 31.1 Å². The van der Waals surface area contributed by atoms with Crippen molar-refractivity contribution in [3.8, 4) is 0 Å². The second kappa shape index (κ2) is 7.70. The van der Waals surface area contributed by atoms with Crippen LogP contribution >= 0.6 is 0 Å². The lowest BCUT2D eigenvalue weighted by molar-refractivity contribution is -0.0518. The third-order valence-electron chi connectivity index (χ3n) is 4.10. The van der Waals surface area contributed by atoms with Crippen molar-refractivity contribution in [3.05, 3.63) is 47.9 Å². The minimum atomic E-state index is -1.27. The quantitative estimate of drug-likeness (QED) is 0.246. The average Bonchev–Trinajstić information content (AvgIpc) is 3.16. The summed E-state index contributed by atoms with van der Waals surface area (Å²) in [6, 6.07) is 9.43. The number of nitrogens with two attached hydrogens (primary N) is 2. The molecule has 10 nitrogen and oxygen atoms in total. The van der Waals surface area contributed by atoms with Crippen molar-refractivity contribution >= 4 is 11.7 Å². The molecule has 26 heavy (non-hydrogen) atoms. The van der Waals surface area contributed by atoms with Gasteiger partial charge in [0.25, 0.3) is 0 Å². The lowest BCUT2D eigenvalue weighted by atomic mass is 10.1. The Labute approximate surface area is 149 Å². The van der Waals surface area contributed by atoms with Gasteiger partial charge in [-0.3, -0.25) is 4.57 Å². The Kier molecular flexibility index (Phi) is 5.38. The number of benzene rings is 1. The van der Waals surface area contributed by atoms with Gasteiger partial charge in [0.2, 0.25) is 0 Å². The van der Waals surface area contributed by atoms with E-state index < -0.39 is 31.1 Å². The maximum Gasteiger partial charge on any atom is 0.192 e. The molecule has 0 spiro atoms. The number of nitrogen functional groups attached to an aromatic ring is 1. The molecule has 140 valence electrons. The SMILES string of the molecule is N/C(=N\OCc1ccccc1)c1ncn([C@@H]2O[C@H](CO)[C@H](O)[C@H]2O)c1N. The molecule has 1 aromatic heterocycles. The van der Waals surface area contributed by atoms with Crippen LogP contribution in [0.15, 0.2) is 41.8 Å².